The summed E-state index contributed by atoms with van der Waals surface area (Å²) in [6.45, 7) is 3.27. The van der Waals surface area contributed by atoms with Crippen LogP contribution < -0.4 is 16.4 Å². The molecule has 4 N–H and O–H groups in total. The summed E-state index contributed by atoms with van der Waals surface area (Å²) in [7, 11) is 0. The van der Waals surface area contributed by atoms with Gasteiger partial charge < -0.3 is 21.1 Å². The number of hydrogen-bond acceptors (Lipinski definition) is 5. The van der Waals surface area contributed by atoms with Gasteiger partial charge in [0.05, 0.1) is 6.61 Å². The SMILES string of the molecule is CCOC(=O)/C=C/C[C@@H](NC(=O)c1cccc(NC(C)=O)c1)C(N)=O. The van der Waals surface area contributed by atoms with Crippen molar-refractivity contribution in [2.24, 2.45) is 5.73 Å². The van der Waals surface area contributed by atoms with Crippen LogP contribution in [0.15, 0.2) is 36.4 Å². The number of carbonyl (C=O) groups is 4. The van der Waals surface area contributed by atoms with E-state index in [4.69, 9.17) is 10.5 Å². The summed E-state index contributed by atoms with van der Waals surface area (Å²) >= 11 is 0. The number of ether oxygens (including phenoxy) is 1. The van der Waals surface area contributed by atoms with Crippen molar-refractivity contribution in [3.05, 3.63) is 42.0 Å². The van der Waals surface area contributed by atoms with Crippen molar-refractivity contribution in [1.29, 1.82) is 0 Å². The molecule has 25 heavy (non-hydrogen) atoms. The minimum Gasteiger partial charge on any atom is -0.463 e. The van der Waals surface area contributed by atoms with Gasteiger partial charge in [0.1, 0.15) is 6.04 Å². The first-order valence-corrected chi connectivity index (χ1v) is 7.64. The zero-order valence-electron chi connectivity index (χ0n) is 14.1. The molecule has 0 unspecified atom stereocenters. The van der Waals surface area contributed by atoms with E-state index in [0.717, 1.165) is 0 Å². The molecule has 8 nitrogen and oxygen atoms in total. The van der Waals surface area contributed by atoms with Crippen molar-refractivity contribution < 1.29 is 23.9 Å². The number of rotatable bonds is 8. The average Bonchev–Trinajstić information content (AvgIpc) is 2.53. The Morgan fingerprint density at radius 1 is 1.28 bits per heavy atom. The lowest BCUT2D eigenvalue weighted by molar-refractivity contribution is -0.137. The Labute approximate surface area is 145 Å². The first kappa shape index (κ1) is 19.9. The smallest absolute Gasteiger partial charge is 0.330 e. The molecule has 0 fully saturated rings. The van der Waals surface area contributed by atoms with E-state index in [0.29, 0.717) is 5.69 Å². The minimum absolute atomic E-state index is 0.0469. The molecule has 0 aliphatic rings. The number of hydrogen-bond donors (Lipinski definition) is 3. The topological polar surface area (TPSA) is 128 Å². The fourth-order valence-electron chi connectivity index (χ4n) is 1.92. The first-order valence-electron chi connectivity index (χ1n) is 7.64. The van der Waals surface area contributed by atoms with E-state index in [1.165, 1.54) is 31.2 Å². The Kier molecular flexibility index (Phi) is 7.85. The summed E-state index contributed by atoms with van der Waals surface area (Å²) in [5.41, 5.74) is 5.99. The molecule has 1 atom stereocenters. The Morgan fingerprint density at radius 3 is 2.60 bits per heavy atom. The van der Waals surface area contributed by atoms with Crippen LogP contribution >= 0.6 is 0 Å². The van der Waals surface area contributed by atoms with Crippen LogP contribution in [0.1, 0.15) is 30.6 Å². The molecule has 1 aromatic carbocycles. The highest BCUT2D eigenvalue weighted by molar-refractivity contribution is 5.99. The molecule has 134 valence electrons. The lowest BCUT2D eigenvalue weighted by Gasteiger charge is -2.14. The van der Waals surface area contributed by atoms with Gasteiger partial charge in [-0.3, -0.25) is 14.4 Å². The fraction of sp³-hybridized carbons (Fsp3) is 0.294. The summed E-state index contributed by atoms with van der Waals surface area (Å²) in [5.74, 6) is -2.07. The van der Waals surface area contributed by atoms with E-state index in [1.807, 2.05) is 0 Å². The molecule has 1 aromatic rings. The second-order valence-corrected chi connectivity index (χ2v) is 5.08. The monoisotopic (exact) mass is 347 g/mol. The van der Waals surface area contributed by atoms with E-state index in [2.05, 4.69) is 10.6 Å². The number of amides is 3. The Hall–Kier alpha value is -3.16. The molecule has 3 amide bonds. The molecule has 0 heterocycles. The number of carbonyl (C=O) groups excluding carboxylic acids is 4. The second-order valence-electron chi connectivity index (χ2n) is 5.08. The molecule has 1 rings (SSSR count). The summed E-state index contributed by atoms with van der Waals surface area (Å²) in [6, 6.07) is 5.25. The van der Waals surface area contributed by atoms with Crippen LogP contribution in [0.5, 0.6) is 0 Å². The van der Waals surface area contributed by atoms with Gasteiger partial charge in [-0.15, -0.1) is 0 Å². The van der Waals surface area contributed by atoms with Crippen LogP contribution in [0.25, 0.3) is 0 Å². The molecule has 0 saturated carbocycles. The fourth-order valence-corrected chi connectivity index (χ4v) is 1.92. The molecule has 0 bridgehead atoms. The third kappa shape index (κ3) is 7.30. The quantitative estimate of drug-likeness (QED) is 0.472. The Morgan fingerprint density at radius 2 is 2.00 bits per heavy atom. The van der Waals surface area contributed by atoms with Crippen molar-refractivity contribution in [3.8, 4) is 0 Å². The van der Waals surface area contributed by atoms with Crippen molar-refractivity contribution in [2.45, 2.75) is 26.3 Å². The van der Waals surface area contributed by atoms with Gasteiger partial charge in [-0.25, -0.2) is 4.79 Å². The lowest BCUT2D eigenvalue weighted by atomic mass is 10.1. The highest BCUT2D eigenvalue weighted by Gasteiger charge is 2.18. The van der Waals surface area contributed by atoms with Gasteiger partial charge in [-0.1, -0.05) is 12.1 Å². The normalized spacial score (nSPS) is 11.6. The van der Waals surface area contributed by atoms with E-state index < -0.39 is 23.8 Å². The maximum absolute atomic E-state index is 12.2. The predicted molar refractivity (Wildman–Crippen MR) is 91.6 cm³/mol. The summed E-state index contributed by atoms with van der Waals surface area (Å²) < 4.78 is 4.72. The number of nitrogens with two attached hydrogens (primary N) is 1. The third-order valence-electron chi connectivity index (χ3n) is 3.01. The molecular weight excluding hydrogens is 326 g/mol. The molecule has 0 spiro atoms. The largest absolute Gasteiger partial charge is 0.463 e. The molecule has 8 heteroatoms. The standard InChI is InChI=1S/C17H21N3O5/c1-3-25-15(22)9-5-8-14(16(18)23)20-17(24)12-6-4-7-13(10-12)19-11(2)21/h4-7,9-10,14H,3,8H2,1-2H3,(H2,18,23)(H,19,21)(H,20,24)/b9-5+/t14-/m1/s1. The van der Waals surface area contributed by atoms with E-state index in [1.54, 1.807) is 19.1 Å². The molecule has 0 aliphatic heterocycles. The summed E-state index contributed by atoms with van der Waals surface area (Å²) in [5, 5.41) is 5.05. The average molecular weight is 347 g/mol. The van der Waals surface area contributed by atoms with Gasteiger partial charge in [-0.2, -0.15) is 0 Å². The third-order valence-corrected chi connectivity index (χ3v) is 3.01. The predicted octanol–water partition coefficient (Wildman–Crippen LogP) is 0.738. The van der Waals surface area contributed by atoms with Gasteiger partial charge in [-0.05, 0) is 31.5 Å². The molecule has 0 aromatic heterocycles. The van der Waals surface area contributed by atoms with Crippen molar-refractivity contribution in [1.82, 2.24) is 5.32 Å². The lowest BCUT2D eigenvalue weighted by Crippen LogP contribution is -2.44. The van der Waals surface area contributed by atoms with Gasteiger partial charge in [0.2, 0.25) is 11.8 Å². The molecule has 0 aliphatic carbocycles. The zero-order valence-corrected chi connectivity index (χ0v) is 14.1. The van der Waals surface area contributed by atoms with Gasteiger partial charge in [0.15, 0.2) is 0 Å². The van der Waals surface area contributed by atoms with Crippen LogP contribution in [0.3, 0.4) is 0 Å². The summed E-state index contributed by atoms with van der Waals surface area (Å²) in [6.07, 6.45) is 2.62. The first-order chi connectivity index (χ1) is 11.8. The number of anilines is 1. The van der Waals surface area contributed by atoms with Crippen LogP contribution in [0.4, 0.5) is 5.69 Å². The Balaban J connectivity index is 2.75. The van der Waals surface area contributed by atoms with Gasteiger partial charge in [0.25, 0.3) is 5.91 Å². The van der Waals surface area contributed by atoms with Crippen LogP contribution in [0, 0.1) is 0 Å². The summed E-state index contributed by atoms with van der Waals surface area (Å²) in [4.78, 5) is 46.0. The molecular formula is C17H21N3O5. The maximum Gasteiger partial charge on any atom is 0.330 e. The highest BCUT2D eigenvalue weighted by Crippen LogP contribution is 2.11. The van der Waals surface area contributed by atoms with Crippen molar-refractivity contribution in [3.63, 3.8) is 0 Å². The van der Waals surface area contributed by atoms with Crippen LogP contribution in [-0.2, 0) is 19.1 Å². The van der Waals surface area contributed by atoms with E-state index >= 15 is 0 Å². The van der Waals surface area contributed by atoms with Gasteiger partial charge >= 0.3 is 5.97 Å². The van der Waals surface area contributed by atoms with Gasteiger partial charge in [0, 0.05) is 24.3 Å². The second kappa shape index (κ2) is 9.86. The number of nitrogens with one attached hydrogen (secondary N) is 2. The van der Waals surface area contributed by atoms with Crippen molar-refractivity contribution >= 4 is 29.4 Å². The zero-order chi connectivity index (χ0) is 18.8. The number of esters is 1. The van der Waals surface area contributed by atoms with Crippen LogP contribution in [0.2, 0.25) is 0 Å². The van der Waals surface area contributed by atoms with E-state index in [-0.39, 0.29) is 24.5 Å². The maximum atomic E-state index is 12.2. The van der Waals surface area contributed by atoms with Crippen LogP contribution in [-0.4, -0.2) is 36.3 Å². The number of benzene rings is 1. The highest BCUT2D eigenvalue weighted by atomic mass is 16.5. The number of primary amides is 1. The minimum atomic E-state index is -0.984. The van der Waals surface area contributed by atoms with E-state index in [9.17, 15) is 19.2 Å². The Bertz CT molecular complexity index is 685. The van der Waals surface area contributed by atoms with Crippen molar-refractivity contribution in [2.75, 3.05) is 11.9 Å². The molecule has 0 saturated heterocycles. The molecule has 0 radical (unpaired) electrons.